The topological polar surface area (TPSA) is 85.2 Å². The van der Waals surface area contributed by atoms with Crippen molar-refractivity contribution < 1.29 is 23.1 Å². The maximum atomic E-state index is 12.3. The number of likely N-dealkylation sites (N-methyl/N-ethyl adjacent to an activating group) is 1. The van der Waals surface area contributed by atoms with E-state index in [1.54, 1.807) is 0 Å². The van der Waals surface area contributed by atoms with E-state index in [9.17, 15) is 18.4 Å². The van der Waals surface area contributed by atoms with Gasteiger partial charge < -0.3 is 15.4 Å². The molecule has 2 aromatic rings. The Morgan fingerprint density at radius 3 is 2.78 bits per heavy atom. The molecule has 0 aliphatic rings. The van der Waals surface area contributed by atoms with Crippen molar-refractivity contribution in [1.82, 2.24) is 15.1 Å². The highest BCUT2D eigenvalue weighted by molar-refractivity contribution is 6.06. The predicted octanol–water partition coefficient (Wildman–Crippen LogP) is 1.48. The van der Waals surface area contributed by atoms with Crippen LogP contribution in [-0.4, -0.2) is 35.3 Å². The molecule has 9 heteroatoms. The summed E-state index contributed by atoms with van der Waals surface area (Å²) in [5.74, 6) is -1.10. The summed E-state index contributed by atoms with van der Waals surface area (Å²) >= 11 is 0. The van der Waals surface area contributed by atoms with Gasteiger partial charge in [-0.1, -0.05) is 12.1 Å². The van der Waals surface area contributed by atoms with Crippen molar-refractivity contribution in [1.29, 1.82) is 0 Å². The second-order valence-electron chi connectivity index (χ2n) is 4.43. The smallest absolute Gasteiger partial charge is 0.387 e. The van der Waals surface area contributed by atoms with Crippen molar-refractivity contribution in [2.75, 3.05) is 12.4 Å². The van der Waals surface area contributed by atoms with Gasteiger partial charge in [-0.15, -0.1) is 0 Å². The number of hydrogen-bond acceptors (Lipinski definition) is 4. The Hall–Kier alpha value is -2.97. The lowest BCUT2D eigenvalue weighted by molar-refractivity contribution is -0.121. The molecule has 0 saturated carbocycles. The Bertz CT molecular complexity index is 703. The van der Waals surface area contributed by atoms with Gasteiger partial charge in [-0.3, -0.25) is 14.3 Å². The number of hydrogen-bond donors (Lipinski definition) is 2. The van der Waals surface area contributed by atoms with Crippen molar-refractivity contribution in [3.8, 4) is 5.75 Å². The van der Waals surface area contributed by atoms with Crippen LogP contribution in [0.3, 0.4) is 0 Å². The summed E-state index contributed by atoms with van der Waals surface area (Å²) in [7, 11) is 1.49. The van der Waals surface area contributed by atoms with Gasteiger partial charge in [-0.25, -0.2) is 0 Å². The minimum atomic E-state index is -3.03. The molecule has 0 atom stereocenters. The van der Waals surface area contributed by atoms with Crippen molar-refractivity contribution in [3.05, 3.63) is 42.2 Å². The minimum Gasteiger partial charge on any atom is -0.434 e. The first-order valence-corrected chi connectivity index (χ1v) is 6.58. The summed E-state index contributed by atoms with van der Waals surface area (Å²) in [6, 6.07) is 5.65. The van der Waals surface area contributed by atoms with Crippen LogP contribution in [0, 0.1) is 0 Å². The highest BCUT2D eigenvalue weighted by Crippen LogP contribution is 2.21. The lowest BCUT2D eigenvalue weighted by Crippen LogP contribution is -2.23. The number of para-hydroxylation sites is 1. The third kappa shape index (κ3) is 4.50. The van der Waals surface area contributed by atoms with Crippen LogP contribution in [0.5, 0.6) is 5.75 Å². The summed E-state index contributed by atoms with van der Waals surface area (Å²) in [4.78, 5) is 23.4. The molecule has 0 unspecified atom stereocenters. The van der Waals surface area contributed by atoms with Crippen LogP contribution in [0.2, 0.25) is 0 Å². The van der Waals surface area contributed by atoms with Crippen LogP contribution in [0.15, 0.2) is 36.7 Å². The standard InChI is InChI=1S/C14H14F2N4O3/c1-17-12(21)8-20-7-9(6-18-20)19-13(22)10-4-2-3-5-11(10)23-14(15)16/h2-7,14H,8H2,1H3,(H,17,21)(H,19,22). The number of anilines is 1. The molecule has 2 rings (SSSR count). The lowest BCUT2D eigenvalue weighted by atomic mass is 10.2. The van der Waals surface area contributed by atoms with Crippen molar-refractivity contribution >= 4 is 17.5 Å². The van der Waals surface area contributed by atoms with Crippen LogP contribution in [0.4, 0.5) is 14.5 Å². The first-order valence-electron chi connectivity index (χ1n) is 6.58. The molecular weight excluding hydrogens is 310 g/mol. The molecule has 0 aliphatic carbocycles. The van der Waals surface area contributed by atoms with E-state index >= 15 is 0 Å². The number of nitrogens with zero attached hydrogens (tertiary/aromatic N) is 2. The molecule has 0 radical (unpaired) electrons. The average molecular weight is 324 g/mol. The normalized spacial score (nSPS) is 10.4. The summed E-state index contributed by atoms with van der Waals surface area (Å²) < 4.78 is 30.3. The van der Waals surface area contributed by atoms with Crippen LogP contribution in [0.1, 0.15) is 10.4 Å². The molecule has 2 N–H and O–H groups in total. The molecule has 1 aromatic heterocycles. The molecule has 0 spiro atoms. The molecule has 23 heavy (non-hydrogen) atoms. The number of carbonyl (C=O) groups is 2. The molecule has 122 valence electrons. The number of aromatic nitrogens is 2. The van der Waals surface area contributed by atoms with Crippen molar-refractivity contribution in [3.63, 3.8) is 0 Å². The van der Waals surface area contributed by atoms with E-state index in [1.165, 1.54) is 48.4 Å². The van der Waals surface area contributed by atoms with Gasteiger partial charge in [0.1, 0.15) is 12.3 Å². The molecule has 0 bridgehead atoms. The van der Waals surface area contributed by atoms with Crippen LogP contribution in [-0.2, 0) is 11.3 Å². The first-order chi connectivity index (χ1) is 11.0. The fourth-order valence-electron chi connectivity index (χ4n) is 1.79. The number of halogens is 2. The maximum absolute atomic E-state index is 12.3. The zero-order valence-corrected chi connectivity index (χ0v) is 12.1. The second kappa shape index (κ2) is 7.34. The Morgan fingerprint density at radius 1 is 1.35 bits per heavy atom. The maximum Gasteiger partial charge on any atom is 0.387 e. The minimum absolute atomic E-state index is 0.00253. The molecule has 0 fully saturated rings. The van der Waals surface area contributed by atoms with Crippen LogP contribution < -0.4 is 15.4 Å². The number of nitrogens with one attached hydrogen (secondary N) is 2. The number of rotatable bonds is 6. The van der Waals surface area contributed by atoms with Gasteiger partial charge in [0.2, 0.25) is 5.91 Å². The fourth-order valence-corrected chi connectivity index (χ4v) is 1.79. The average Bonchev–Trinajstić information content (AvgIpc) is 2.94. The number of ether oxygens (including phenoxy) is 1. The van der Waals surface area contributed by atoms with E-state index in [0.29, 0.717) is 5.69 Å². The molecular formula is C14H14F2N4O3. The quantitative estimate of drug-likeness (QED) is 0.843. The molecule has 1 aromatic carbocycles. The number of benzene rings is 1. The summed E-state index contributed by atoms with van der Waals surface area (Å²) in [5.41, 5.74) is 0.289. The van der Waals surface area contributed by atoms with Gasteiger partial charge in [-0.05, 0) is 12.1 Å². The van der Waals surface area contributed by atoms with Gasteiger partial charge in [-0.2, -0.15) is 13.9 Å². The van der Waals surface area contributed by atoms with E-state index in [1.807, 2.05) is 0 Å². The third-order valence-electron chi connectivity index (χ3n) is 2.82. The van der Waals surface area contributed by atoms with Gasteiger partial charge >= 0.3 is 6.61 Å². The van der Waals surface area contributed by atoms with E-state index in [-0.39, 0.29) is 23.8 Å². The largest absolute Gasteiger partial charge is 0.434 e. The van der Waals surface area contributed by atoms with Crippen molar-refractivity contribution in [2.24, 2.45) is 0 Å². The van der Waals surface area contributed by atoms with Gasteiger partial charge in [0, 0.05) is 13.2 Å². The third-order valence-corrected chi connectivity index (χ3v) is 2.82. The molecule has 7 nitrogen and oxygen atoms in total. The van der Waals surface area contributed by atoms with Gasteiger partial charge in [0.05, 0.1) is 17.4 Å². The highest BCUT2D eigenvalue weighted by Gasteiger charge is 2.16. The zero-order chi connectivity index (χ0) is 16.8. The van der Waals surface area contributed by atoms with E-state index in [0.717, 1.165) is 0 Å². The first kappa shape index (κ1) is 16.4. The molecule has 0 aliphatic heterocycles. The molecule has 1 heterocycles. The van der Waals surface area contributed by atoms with Gasteiger partial charge in [0.25, 0.3) is 5.91 Å². The number of alkyl halides is 2. The monoisotopic (exact) mass is 324 g/mol. The Balaban J connectivity index is 2.09. The summed E-state index contributed by atoms with van der Waals surface area (Å²) in [5, 5.41) is 8.86. The zero-order valence-electron chi connectivity index (χ0n) is 12.1. The Labute approximate surface area is 130 Å². The molecule has 0 saturated heterocycles. The fraction of sp³-hybridized carbons (Fsp3) is 0.214. The van der Waals surface area contributed by atoms with Crippen LogP contribution in [0.25, 0.3) is 0 Å². The highest BCUT2D eigenvalue weighted by atomic mass is 19.3. The van der Waals surface area contributed by atoms with Crippen LogP contribution >= 0.6 is 0 Å². The van der Waals surface area contributed by atoms with Gasteiger partial charge in [0.15, 0.2) is 0 Å². The summed E-state index contributed by atoms with van der Waals surface area (Å²) in [6.45, 7) is -3.03. The van der Waals surface area contributed by atoms with E-state index in [4.69, 9.17) is 0 Å². The van der Waals surface area contributed by atoms with Crippen molar-refractivity contribution in [2.45, 2.75) is 13.2 Å². The number of carbonyl (C=O) groups excluding carboxylic acids is 2. The Kier molecular flexibility index (Phi) is 5.23. The predicted molar refractivity (Wildman–Crippen MR) is 77.3 cm³/mol. The van der Waals surface area contributed by atoms with E-state index in [2.05, 4.69) is 20.5 Å². The number of amides is 2. The lowest BCUT2D eigenvalue weighted by Gasteiger charge is -2.09. The second-order valence-corrected chi connectivity index (χ2v) is 4.43. The van der Waals surface area contributed by atoms with E-state index < -0.39 is 12.5 Å². The molecule has 2 amide bonds. The summed E-state index contributed by atoms with van der Waals surface area (Å²) in [6.07, 6.45) is 2.79. The SMILES string of the molecule is CNC(=O)Cn1cc(NC(=O)c2ccccc2OC(F)F)cn1. The Morgan fingerprint density at radius 2 is 2.09 bits per heavy atom.